The van der Waals surface area contributed by atoms with Crippen LogP contribution in [-0.2, 0) is 0 Å². The van der Waals surface area contributed by atoms with E-state index in [0.717, 1.165) is 28.1 Å². The van der Waals surface area contributed by atoms with Crippen molar-refractivity contribution in [2.24, 2.45) is 0 Å². The zero-order valence-electron chi connectivity index (χ0n) is 13.5. The third-order valence-electron chi connectivity index (χ3n) is 3.81. The molecule has 3 heteroatoms. The standard InChI is InChI=1S/C20H19FN2/c1-14-12-17(15-6-10-19(11-7-15)23(2)3)13-20(22-14)16-4-8-18(21)9-5-16/h4-13H,1-3H3. The third kappa shape index (κ3) is 3.39. The molecule has 0 N–H and O–H groups in total. The van der Waals surface area contributed by atoms with Gasteiger partial charge in [-0.1, -0.05) is 12.1 Å². The molecular formula is C20H19FN2. The number of halogens is 1. The van der Waals surface area contributed by atoms with Crippen LogP contribution in [0.3, 0.4) is 0 Å². The average molecular weight is 306 g/mol. The van der Waals surface area contributed by atoms with Crippen molar-refractivity contribution < 1.29 is 4.39 Å². The van der Waals surface area contributed by atoms with Gasteiger partial charge in [0.15, 0.2) is 0 Å². The molecule has 0 saturated heterocycles. The lowest BCUT2D eigenvalue weighted by molar-refractivity contribution is 0.628. The first-order chi connectivity index (χ1) is 11.0. The predicted molar refractivity (Wildman–Crippen MR) is 94.1 cm³/mol. The lowest BCUT2D eigenvalue weighted by Crippen LogP contribution is -2.07. The number of nitrogens with zero attached hydrogens (tertiary/aromatic N) is 2. The van der Waals surface area contributed by atoms with Crippen LogP contribution in [-0.4, -0.2) is 19.1 Å². The Morgan fingerprint density at radius 1 is 0.783 bits per heavy atom. The minimum atomic E-state index is -0.235. The Labute approximate surface area is 136 Å². The summed E-state index contributed by atoms with van der Waals surface area (Å²) >= 11 is 0. The van der Waals surface area contributed by atoms with Crippen molar-refractivity contribution in [3.63, 3.8) is 0 Å². The van der Waals surface area contributed by atoms with E-state index in [2.05, 4.69) is 40.2 Å². The minimum Gasteiger partial charge on any atom is -0.378 e. The van der Waals surface area contributed by atoms with E-state index in [1.54, 1.807) is 12.1 Å². The van der Waals surface area contributed by atoms with Gasteiger partial charge in [0.05, 0.1) is 5.69 Å². The van der Waals surface area contributed by atoms with Gasteiger partial charge in [0.1, 0.15) is 5.82 Å². The highest BCUT2D eigenvalue weighted by Crippen LogP contribution is 2.27. The summed E-state index contributed by atoms with van der Waals surface area (Å²) in [7, 11) is 4.05. The largest absolute Gasteiger partial charge is 0.378 e. The Hall–Kier alpha value is -2.68. The summed E-state index contributed by atoms with van der Waals surface area (Å²) in [6.07, 6.45) is 0. The molecule has 0 saturated carbocycles. The van der Waals surface area contributed by atoms with E-state index < -0.39 is 0 Å². The number of hydrogen-bond acceptors (Lipinski definition) is 2. The lowest BCUT2D eigenvalue weighted by atomic mass is 10.0. The number of aryl methyl sites for hydroxylation is 1. The summed E-state index contributed by atoms with van der Waals surface area (Å²) < 4.78 is 13.1. The van der Waals surface area contributed by atoms with Crippen LogP contribution < -0.4 is 4.90 Å². The van der Waals surface area contributed by atoms with Crippen molar-refractivity contribution in [1.29, 1.82) is 0 Å². The van der Waals surface area contributed by atoms with Crippen LogP contribution in [0.25, 0.3) is 22.4 Å². The Morgan fingerprint density at radius 3 is 2.00 bits per heavy atom. The van der Waals surface area contributed by atoms with E-state index in [-0.39, 0.29) is 5.82 Å². The molecule has 0 fully saturated rings. The van der Waals surface area contributed by atoms with E-state index in [9.17, 15) is 4.39 Å². The molecule has 1 heterocycles. The SMILES string of the molecule is Cc1cc(-c2ccc(N(C)C)cc2)cc(-c2ccc(F)cc2)n1. The van der Waals surface area contributed by atoms with Crippen molar-refractivity contribution in [1.82, 2.24) is 4.98 Å². The molecule has 2 aromatic carbocycles. The van der Waals surface area contributed by atoms with Crippen molar-refractivity contribution in [2.45, 2.75) is 6.92 Å². The fraction of sp³-hybridized carbons (Fsp3) is 0.150. The number of rotatable bonds is 3. The third-order valence-corrected chi connectivity index (χ3v) is 3.81. The average Bonchev–Trinajstić information content (AvgIpc) is 2.55. The van der Waals surface area contributed by atoms with Gasteiger partial charge in [-0.15, -0.1) is 0 Å². The summed E-state index contributed by atoms with van der Waals surface area (Å²) in [5.74, 6) is -0.235. The van der Waals surface area contributed by atoms with E-state index in [0.29, 0.717) is 0 Å². The zero-order chi connectivity index (χ0) is 16.4. The van der Waals surface area contributed by atoms with Gasteiger partial charge in [0.25, 0.3) is 0 Å². The summed E-state index contributed by atoms with van der Waals surface area (Å²) in [6.45, 7) is 1.98. The fourth-order valence-electron chi connectivity index (χ4n) is 2.56. The minimum absolute atomic E-state index is 0.235. The summed E-state index contributed by atoms with van der Waals surface area (Å²) in [5, 5.41) is 0. The normalized spacial score (nSPS) is 10.6. The molecule has 23 heavy (non-hydrogen) atoms. The molecule has 1 aromatic heterocycles. The molecule has 0 atom stereocenters. The van der Waals surface area contributed by atoms with Gasteiger partial charge < -0.3 is 4.90 Å². The highest BCUT2D eigenvalue weighted by atomic mass is 19.1. The van der Waals surface area contributed by atoms with Gasteiger partial charge in [0, 0.05) is 31.0 Å². The maximum atomic E-state index is 13.1. The Balaban J connectivity index is 2.01. The second-order valence-corrected chi connectivity index (χ2v) is 5.83. The van der Waals surface area contributed by atoms with E-state index in [4.69, 9.17) is 0 Å². The predicted octanol–water partition coefficient (Wildman–Crippen LogP) is 4.93. The van der Waals surface area contributed by atoms with Crippen LogP contribution in [0, 0.1) is 12.7 Å². The van der Waals surface area contributed by atoms with Gasteiger partial charge in [-0.05, 0) is 66.6 Å². The molecule has 0 unspecified atom stereocenters. The number of pyridine rings is 1. The fourth-order valence-corrected chi connectivity index (χ4v) is 2.56. The second kappa shape index (κ2) is 6.21. The van der Waals surface area contributed by atoms with Crippen LogP contribution in [0.5, 0.6) is 0 Å². The first-order valence-corrected chi connectivity index (χ1v) is 7.55. The smallest absolute Gasteiger partial charge is 0.123 e. The van der Waals surface area contributed by atoms with E-state index >= 15 is 0 Å². The van der Waals surface area contributed by atoms with Gasteiger partial charge in [-0.2, -0.15) is 0 Å². The first kappa shape index (κ1) is 15.2. The van der Waals surface area contributed by atoms with E-state index in [1.165, 1.54) is 17.8 Å². The Kier molecular flexibility index (Phi) is 4.11. The molecule has 116 valence electrons. The number of hydrogen-bond donors (Lipinski definition) is 0. The Morgan fingerprint density at radius 2 is 1.39 bits per heavy atom. The molecule has 0 spiro atoms. The van der Waals surface area contributed by atoms with Crippen LogP contribution in [0.1, 0.15) is 5.69 Å². The molecule has 3 rings (SSSR count). The second-order valence-electron chi connectivity index (χ2n) is 5.83. The molecule has 0 aliphatic carbocycles. The maximum absolute atomic E-state index is 13.1. The lowest BCUT2D eigenvalue weighted by Gasteiger charge is -2.13. The number of benzene rings is 2. The van der Waals surface area contributed by atoms with Gasteiger partial charge >= 0.3 is 0 Å². The van der Waals surface area contributed by atoms with Crippen molar-refractivity contribution >= 4 is 5.69 Å². The summed E-state index contributed by atoms with van der Waals surface area (Å²) in [5.41, 5.74) is 6.14. The molecular weight excluding hydrogens is 287 g/mol. The molecule has 0 amide bonds. The van der Waals surface area contributed by atoms with Crippen molar-refractivity contribution in [3.05, 3.63) is 72.2 Å². The van der Waals surface area contributed by atoms with Crippen LogP contribution >= 0.6 is 0 Å². The monoisotopic (exact) mass is 306 g/mol. The van der Waals surface area contributed by atoms with Gasteiger partial charge in [0.2, 0.25) is 0 Å². The molecule has 0 bridgehead atoms. The van der Waals surface area contributed by atoms with Crippen LogP contribution in [0.15, 0.2) is 60.7 Å². The molecule has 0 radical (unpaired) electrons. The molecule has 0 aliphatic rings. The first-order valence-electron chi connectivity index (χ1n) is 7.55. The van der Waals surface area contributed by atoms with Crippen LogP contribution in [0.2, 0.25) is 0 Å². The number of anilines is 1. The summed E-state index contributed by atoms with van der Waals surface area (Å²) in [6, 6.07) is 19.0. The number of aromatic nitrogens is 1. The van der Waals surface area contributed by atoms with E-state index in [1.807, 2.05) is 27.1 Å². The van der Waals surface area contributed by atoms with Gasteiger partial charge in [-0.3, -0.25) is 4.98 Å². The topological polar surface area (TPSA) is 16.1 Å². The summed E-state index contributed by atoms with van der Waals surface area (Å²) in [4.78, 5) is 6.65. The van der Waals surface area contributed by atoms with Crippen molar-refractivity contribution in [2.75, 3.05) is 19.0 Å². The maximum Gasteiger partial charge on any atom is 0.123 e. The molecule has 2 nitrogen and oxygen atoms in total. The highest BCUT2D eigenvalue weighted by Gasteiger charge is 2.06. The quantitative estimate of drug-likeness (QED) is 0.682. The van der Waals surface area contributed by atoms with Crippen LogP contribution in [0.4, 0.5) is 10.1 Å². The molecule has 3 aromatic rings. The zero-order valence-corrected chi connectivity index (χ0v) is 13.5. The Bertz CT molecular complexity index is 806. The highest BCUT2D eigenvalue weighted by molar-refractivity contribution is 5.72. The molecule has 0 aliphatic heterocycles. The van der Waals surface area contributed by atoms with Gasteiger partial charge in [-0.25, -0.2) is 4.39 Å². The van der Waals surface area contributed by atoms with Crippen molar-refractivity contribution in [3.8, 4) is 22.4 Å².